The molecule has 0 saturated heterocycles. The fourth-order valence-electron chi connectivity index (χ4n) is 3.14. The molecule has 1 aromatic heterocycles. The predicted molar refractivity (Wildman–Crippen MR) is 92.2 cm³/mol. The number of anilines is 1. The van der Waals surface area contributed by atoms with Crippen molar-refractivity contribution in [1.82, 2.24) is 5.32 Å². The van der Waals surface area contributed by atoms with E-state index in [1.165, 1.54) is 17.6 Å². The molecule has 24 heavy (non-hydrogen) atoms. The second-order valence-corrected chi connectivity index (χ2v) is 6.17. The van der Waals surface area contributed by atoms with Crippen LogP contribution in [0.5, 0.6) is 0 Å². The Morgan fingerprint density at radius 1 is 1.08 bits per heavy atom. The minimum absolute atomic E-state index is 0.128. The highest BCUT2D eigenvalue weighted by atomic mass is 16.3. The molecule has 5 nitrogen and oxygen atoms in total. The number of hydrogen-bond acceptors (Lipinski definition) is 3. The van der Waals surface area contributed by atoms with E-state index in [1.54, 1.807) is 31.3 Å². The molecule has 2 aromatic rings. The van der Waals surface area contributed by atoms with Crippen LogP contribution < -0.4 is 10.2 Å². The summed E-state index contributed by atoms with van der Waals surface area (Å²) in [6, 6.07) is 10.7. The van der Waals surface area contributed by atoms with E-state index in [0.29, 0.717) is 11.3 Å². The Bertz CT molecular complexity index is 703. The molecular formula is C19H22N2O3. The molecule has 1 N–H and O–H groups in total. The zero-order valence-electron chi connectivity index (χ0n) is 13.8. The lowest BCUT2D eigenvalue weighted by molar-refractivity contribution is 0.0928. The van der Waals surface area contributed by atoms with E-state index in [4.69, 9.17) is 4.42 Å². The van der Waals surface area contributed by atoms with Gasteiger partial charge in [0.2, 0.25) is 0 Å². The van der Waals surface area contributed by atoms with Crippen LogP contribution in [0.4, 0.5) is 5.69 Å². The van der Waals surface area contributed by atoms with Crippen molar-refractivity contribution >= 4 is 17.5 Å². The van der Waals surface area contributed by atoms with Gasteiger partial charge in [0.15, 0.2) is 5.76 Å². The number of benzene rings is 1. The summed E-state index contributed by atoms with van der Waals surface area (Å²) in [5.74, 6) is -0.158. The topological polar surface area (TPSA) is 62.6 Å². The van der Waals surface area contributed by atoms with Crippen LogP contribution >= 0.6 is 0 Å². The van der Waals surface area contributed by atoms with Gasteiger partial charge in [-0.2, -0.15) is 0 Å². The molecule has 1 aliphatic carbocycles. The first-order valence-corrected chi connectivity index (χ1v) is 8.38. The Kier molecular flexibility index (Phi) is 4.99. The lowest BCUT2D eigenvalue weighted by Crippen LogP contribution is -2.37. The van der Waals surface area contributed by atoms with Gasteiger partial charge in [-0.05, 0) is 37.1 Å². The van der Waals surface area contributed by atoms with Gasteiger partial charge in [-0.1, -0.05) is 31.4 Å². The molecule has 1 aliphatic rings. The van der Waals surface area contributed by atoms with Crippen molar-refractivity contribution in [3.05, 3.63) is 54.0 Å². The van der Waals surface area contributed by atoms with E-state index < -0.39 is 0 Å². The number of carbonyl (C=O) groups excluding carboxylic acids is 2. The summed E-state index contributed by atoms with van der Waals surface area (Å²) in [6.07, 6.45) is 7.06. The van der Waals surface area contributed by atoms with E-state index in [2.05, 4.69) is 5.32 Å². The van der Waals surface area contributed by atoms with Crippen LogP contribution in [0.2, 0.25) is 0 Å². The van der Waals surface area contributed by atoms with Gasteiger partial charge in [0.25, 0.3) is 11.8 Å². The molecule has 0 unspecified atom stereocenters. The van der Waals surface area contributed by atoms with Gasteiger partial charge in [-0.15, -0.1) is 0 Å². The van der Waals surface area contributed by atoms with Crippen LogP contribution in [0.3, 0.4) is 0 Å². The van der Waals surface area contributed by atoms with Crippen molar-refractivity contribution in [2.75, 3.05) is 11.9 Å². The zero-order valence-corrected chi connectivity index (χ0v) is 13.8. The van der Waals surface area contributed by atoms with E-state index in [-0.39, 0.29) is 23.6 Å². The van der Waals surface area contributed by atoms with Crippen molar-refractivity contribution in [3.8, 4) is 0 Å². The molecule has 0 bridgehead atoms. The number of para-hydroxylation sites is 1. The Morgan fingerprint density at radius 2 is 1.83 bits per heavy atom. The second kappa shape index (κ2) is 7.34. The summed E-state index contributed by atoms with van der Waals surface area (Å²) >= 11 is 0. The molecule has 0 aliphatic heterocycles. The van der Waals surface area contributed by atoms with E-state index in [0.717, 1.165) is 25.7 Å². The lowest BCUT2D eigenvalue weighted by Gasteiger charge is -2.24. The summed E-state index contributed by atoms with van der Waals surface area (Å²) in [6.45, 7) is 0. The highest BCUT2D eigenvalue weighted by molar-refractivity contribution is 6.09. The smallest absolute Gasteiger partial charge is 0.293 e. The molecule has 0 radical (unpaired) electrons. The Morgan fingerprint density at radius 3 is 2.54 bits per heavy atom. The minimum Gasteiger partial charge on any atom is -0.459 e. The number of carbonyl (C=O) groups is 2. The first-order valence-electron chi connectivity index (χ1n) is 8.38. The summed E-state index contributed by atoms with van der Waals surface area (Å²) in [7, 11) is 1.65. The van der Waals surface area contributed by atoms with Gasteiger partial charge in [0, 0.05) is 13.1 Å². The fourth-order valence-corrected chi connectivity index (χ4v) is 3.14. The first-order chi connectivity index (χ1) is 11.7. The minimum atomic E-state index is -0.280. The van der Waals surface area contributed by atoms with Crippen LogP contribution in [0, 0.1) is 0 Å². The van der Waals surface area contributed by atoms with Crippen molar-refractivity contribution in [3.63, 3.8) is 0 Å². The third-order valence-electron chi connectivity index (χ3n) is 4.49. The van der Waals surface area contributed by atoms with E-state index >= 15 is 0 Å². The van der Waals surface area contributed by atoms with Crippen molar-refractivity contribution in [2.24, 2.45) is 0 Å². The maximum absolute atomic E-state index is 12.7. The Balaban J connectivity index is 1.79. The highest BCUT2D eigenvalue weighted by Crippen LogP contribution is 2.23. The largest absolute Gasteiger partial charge is 0.459 e. The van der Waals surface area contributed by atoms with E-state index in [1.807, 2.05) is 12.1 Å². The monoisotopic (exact) mass is 326 g/mol. The van der Waals surface area contributed by atoms with Gasteiger partial charge in [0.05, 0.1) is 17.5 Å². The Hall–Kier alpha value is -2.56. The second-order valence-electron chi connectivity index (χ2n) is 6.17. The zero-order chi connectivity index (χ0) is 16.9. The summed E-state index contributed by atoms with van der Waals surface area (Å²) in [4.78, 5) is 26.6. The van der Waals surface area contributed by atoms with Crippen LogP contribution in [-0.2, 0) is 0 Å². The molecule has 1 aromatic carbocycles. The van der Waals surface area contributed by atoms with Gasteiger partial charge in [-0.25, -0.2) is 0 Å². The molecule has 1 saturated carbocycles. The standard InChI is InChI=1S/C19H22N2O3/c1-21(19(23)17-12-7-13-24-17)16-11-6-5-10-15(16)18(22)20-14-8-3-2-4-9-14/h5-7,10-14H,2-4,8-9H2,1H3,(H,20,22). The summed E-state index contributed by atoms with van der Waals surface area (Å²) in [5.41, 5.74) is 1.08. The normalized spacial score (nSPS) is 15.0. The number of nitrogens with zero attached hydrogens (tertiary/aromatic N) is 1. The van der Waals surface area contributed by atoms with E-state index in [9.17, 15) is 9.59 Å². The molecule has 1 fully saturated rings. The molecule has 5 heteroatoms. The average molecular weight is 326 g/mol. The van der Waals surface area contributed by atoms with Crippen molar-refractivity contribution < 1.29 is 14.0 Å². The first kappa shape index (κ1) is 16.3. The predicted octanol–water partition coefficient (Wildman–Crippen LogP) is 3.62. The van der Waals surface area contributed by atoms with Crippen LogP contribution in [0.25, 0.3) is 0 Å². The highest BCUT2D eigenvalue weighted by Gasteiger charge is 2.23. The van der Waals surface area contributed by atoms with Crippen molar-refractivity contribution in [2.45, 2.75) is 38.1 Å². The number of nitrogens with one attached hydrogen (secondary N) is 1. The molecule has 0 atom stereocenters. The number of furan rings is 1. The third kappa shape index (κ3) is 3.50. The van der Waals surface area contributed by atoms with Crippen LogP contribution in [0.15, 0.2) is 47.1 Å². The molecule has 0 spiro atoms. The van der Waals surface area contributed by atoms with Crippen LogP contribution in [0.1, 0.15) is 53.0 Å². The third-order valence-corrected chi connectivity index (χ3v) is 4.49. The van der Waals surface area contributed by atoms with Gasteiger partial charge >= 0.3 is 0 Å². The Labute approximate surface area is 141 Å². The SMILES string of the molecule is CN(C(=O)c1ccco1)c1ccccc1C(=O)NC1CCCCC1. The quantitative estimate of drug-likeness (QED) is 0.933. The van der Waals surface area contributed by atoms with Crippen LogP contribution in [-0.4, -0.2) is 24.9 Å². The summed E-state index contributed by atoms with van der Waals surface area (Å²) < 4.78 is 5.17. The number of amides is 2. The molecule has 3 rings (SSSR count). The lowest BCUT2D eigenvalue weighted by atomic mass is 9.95. The van der Waals surface area contributed by atoms with Crippen molar-refractivity contribution in [1.29, 1.82) is 0 Å². The molecule has 126 valence electrons. The number of hydrogen-bond donors (Lipinski definition) is 1. The summed E-state index contributed by atoms with van der Waals surface area (Å²) in [5, 5.41) is 3.10. The van der Waals surface area contributed by atoms with Gasteiger partial charge < -0.3 is 14.6 Å². The molecule has 2 amide bonds. The maximum atomic E-state index is 12.7. The maximum Gasteiger partial charge on any atom is 0.293 e. The molecule has 1 heterocycles. The number of rotatable bonds is 4. The molecular weight excluding hydrogens is 304 g/mol. The fraction of sp³-hybridized carbons (Fsp3) is 0.368. The van der Waals surface area contributed by atoms with Gasteiger partial charge in [-0.3, -0.25) is 9.59 Å². The average Bonchev–Trinajstić information content (AvgIpc) is 3.16. The van der Waals surface area contributed by atoms with Gasteiger partial charge in [0.1, 0.15) is 0 Å².